The van der Waals surface area contributed by atoms with Gasteiger partial charge in [-0.1, -0.05) is 6.07 Å². The maximum Gasteiger partial charge on any atom is 0.257 e. The van der Waals surface area contributed by atoms with E-state index in [-0.39, 0.29) is 11.5 Å². The first-order chi connectivity index (χ1) is 7.70. The fraction of sp³-hybridized carbons (Fsp3) is 0.364. The minimum absolute atomic E-state index is 0.108. The highest BCUT2D eigenvalue weighted by Crippen LogP contribution is 2.20. The Labute approximate surface area is 101 Å². The van der Waals surface area contributed by atoms with Gasteiger partial charge in [0.25, 0.3) is 5.91 Å². The predicted octanol–water partition coefficient (Wildman–Crippen LogP) is 2.06. The van der Waals surface area contributed by atoms with Crippen LogP contribution in [0.25, 0.3) is 0 Å². The number of halogens is 2. The van der Waals surface area contributed by atoms with Gasteiger partial charge in [0.2, 0.25) is 0 Å². The van der Waals surface area contributed by atoms with Crippen LogP contribution in [0.15, 0.2) is 22.7 Å². The number of hydrogen-bond donors (Lipinski definition) is 0. The number of hydrogen-bond acceptors (Lipinski definition) is 2. The van der Waals surface area contributed by atoms with Gasteiger partial charge in [0.1, 0.15) is 5.82 Å². The van der Waals surface area contributed by atoms with E-state index in [0.29, 0.717) is 30.8 Å². The maximum absolute atomic E-state index is 13.7. The molecule has 1 aromatic carbocycles. The molecule has 2 rings (SSSR count). The molecule has 1 aliphatic heterocycles. The summed E-state index contributed by atoms with van der Waals surface area (Å²) in [6.45, 7) is 2.07. The van der Waals surface area contributed by atoms with Crippen LogP contribution in [0.3, 0.4) is 0 Å². The fourth-order valence-electron chi connectivity index (χ4n) is 1.61. The van der Waals surface area contributed by atoms with E-state index in [1.54, 1.807) is 17.0 Å². The number of carbonyl (C=O) groups excluding carboxylic acids is 1. The monoisotopic (exact) mass is 287 g/mol. The molecule has 0 aromatic heterocycles. The van der Waals surface area contributed by atoms with Crippen LogP contribution in [-0.4, -0.2) is 37.1 Å². The molecule has 0 aliphatic carbocycles. The van der Waals surface area contributed by atoms with Gasteiger partial charge in [-0.25, -0.2) is 4.39 Å². The molecule has 0 atom stereocenters. The zero-order valence-electron chi connectivity index (χ0n) is 8.58. The van der Waals surface area contributed by atoms with Crippen LogP contribution in [0.1, 0.15) is 10.4 Å². The quantitative estimate of drug-likeness (QED) is 0.791. The van der Waals surface area contributed by atoms with E-state index < -0.39 is 5.82 Å². The van der Waals surface area contributed by atoms with Crippen LogP contribution in [0.4, 0.5) is 4.39 Å². The van der Waals surface area contributed by atoms with Crippen molar-refractivity contribution in [2.45, 2.75) is 0 Å². The van der Waals surface area contributed by atoms with Gasteiger partial charge in [-0.3, -0.25) is 4.79 Å². The molecule has 0 radical (unpaired) electrons. The summed E-state index contributed by atoms with van der Waals surface area (Å²) < 4.78 is 19.1. The standard InChI is InChI=1S/C11H11BrFNO2/c12-9-3-1-2-8(10(9)13)11(15)14-4-6-16-7-5-14/h1-3H,4-7H2. The Morgan fingerprint density at radius 2 is 2.06 bits per heavy atom. The van der Waals surface area contributed by atoms with Crippen LogP contribution in [0, 0.1) is 5.82 Å². The molecule has 1 saturated heterocycles. The second-order valence-electron chi connectivity index (χ2n) is 3.51. The number of amides is 1. The van der Waals surface area contributed by atoms with Gasteiger partial charge in [0, 0.05) is 13.1 Å². The molecular formula is C11H11BrFNO2. The summed E-state index contributed by atoms with van der Waals surface area (Å²) in [5.74, 6) is -0.777. The van der Waals surface area contributed by atoms with Gasteiger partial charge < -0.3 is 9.64 Å². The summed E-state index contributed by atoms with van der Waals surface area (Å²) in [6, 6.07) is 4.73. The molecule has 0 spiro atoms. The van der Waals surface area contributed by atoms with E-state index in [0.717, 1.165) is 0 Å². The molecule has 0 bridgehead atoms. The second-order valence-corrected chi connectivity index (χ2v) is 4.36. The SMILES string of the molecule is O=C(c1cccc(Br)c1F)N1CCOCC1. The summed E-state index contributed by atoms with van der Waals surface area (Å²) in [6.07, 6.45) is 0. The molecule has 0 unspecified atom stereocenters. The Kier molecular flexibility index (Phi) is 3.56. The normalized spacial score (nSPS) is 16.2. The van der Waals surface area contributed by atoms with Crippen molar-refractivity contribution in [2.24, 2.45) is 0 Å². The molecule has 16 heavy (non-hydrogen) atoms. The molecule has 1 amide bonds. The van der Waals surface area contributed by atoms with Crippen LogP contribution in [0.2, 0.25) is 0 Å². The van der Waals surface area contributed by atoms with Crippen LogP contribution >= 0.6 is 15.9 Å². The molecule has 1 heterocycles. The van der Waals surface area contributed by atoms with Crippen molar-refractivity contribution in [3.8, 4) is 0 Å². The van der Waals surface area contributed by atoms with Crippen LogP contribution in [-0.2, 0) is 4.74 Å². The van der Waals surface area contributed by atoms with Crippen molar-refractivity contribution in [3.63, 3.8) is 0 Å². The highest BCUT2D eigenvalue weighted by atomic mass is 79.9. The molecule has 5 heteroatoms. The van der Waals surface area contributed by atoms with Crippen molar-refractivity contribution in [3.05, 3.63) is 34.1 Å². The molecule has 0 N–H and O–H groups in total. The molecule has 1 aromatic rings. The largest absolute Gasteiger partial charge is 0.378 e. The second kappa shape index (κ2) is 4.93. The van der Waals surface area contributed by atoms with Crippen LogP contribution < -0.4 is 0 Å². The number of benzene rings is 1. The Morgan fingerprint density at radius 3 is 2.75 bits per heavy atom. The third-order valence-electron chi connectivity index (χ3n) is 2.48. The van der Waals surface area contributed by atoms with E-state index in [1.807, 2.05) is 0 Å². The van der Waals surface area contributed by atoms with Crippen molar-refractivity contribution in [2.75, 3.05) is 26.3 Å². The summed E-state index contributed by atoms with van der Waals surface area (Å²) in [4.78, 5) is 13.6. The van der Waals surface area contributed by atoms with Gasteiger partial charge in [0.15, 0.2) is 0 Å². The number of carbonyl (C=O) groups is 1. The summed E-state index contributed by atoms with van der Waals surface area (Å²) in [5, 5.41) is 0. The molecule has 3 nitrogen and oxygen atoms in total. The van der Waals surface area contributed by atoms with Gasteiger partial charge >= 0.3 is 0 Å². The highest BCUT2D eigenvalue weighted by molar-refractivity contribution is 9.10. The maximum atomic E-state index is 13.7. The van der Waals surface area contributed by atoms with Gasteiger partial charge in [-0.15, -0.1) is 0 Å². The Balaban J connectivity index is 2.22. The fourth-order valence-corrected chi connectivity index (χ4v) is 1.97. The molecule has 1 fully saturated rings. The lowest BCUT2D eigenvalue weighted by Gasteiger charge is -2.27. The van der Waals surface area contributed by atoms with E-state index >= 15 is 0 Å². The lowest BCUT2D eigenvalue weighted by Crippen LogP contribution is -2.41. The molecule has 0 saturated carbocycles. The Hall–Kier alpha value is -0.940. The first kappa shape index (κ1) is 11.5. The van der Waals surface area contributed by atoms with Gasteiger partial charge in [0.05, 0.1) is 23.2 Å². The first-order valence-electron chi connectivity index (χ1n) is 5.01. The number of morpholine rings is 1. The smallest absolute Gasteiger partial charge is 0.257 e. The lowest BCUT2D eigenvalue weighted by atomic mass is 10.2. The molecular weight excluding hydrogens is 277 g/mol. The number of ether oxygens (including phenoxy) is 1. The summed E-state index contributed by atoms with van der Waals surface area (Å²) >= 11 is 3.07. The van der Waals surface area contributed by atoms with Crippen molar-refractivity contribution in [1.29, 1.82) is 0 Å². The zero-order valence-corrected chi connectivity index (χ0v) is 10.2. The van der Waals surface area contributed by atoms with E-state index in [1.165, 1.54) is 6.07 Å². The van der Waals surface area contributed by atoms with Crippen molar-refractivity contribution >= 4 is 21.8 Å². The van der Waals surface area contributed by atoms with Gasteiger partial charge in [-0.2, -0.15) is 0 Å². The Morgan fingerprint density at radius 1 is 1.38 bits per heavy atom. The van der Waals surface area contributed by atoms with E-state index in [2.05, 4.69) is 15.9 Å². The molecule has 1 aliphatic rings. The van der Waals surface area contributed by atoms with Crippen molar-refractivity contribution in [1.82, 2.24) is 4.90 Å². The summed E-state index contributed by atoms with van der Waals surface area (Å²) in [5.41, 5.74) is 0.108. The average molecular weight is 288 g/mol. The topological polar surface area (TPSA) is 29.5 Å². The van der Waals surface area contributed by atoms with E-state index in [9.17, 15) is 9.18 Å². The summed E-state index contributed by atoms with van der Waals surface area (Å²) in [7, 11) is 0. The average Bonchev–Trinajstić information content (AvgIpc) is 2.33. The predicted molar refractivity (Wildman–Crippen MR) is 60.8 cm³/mol. The van der Waals surface area contributed by atoms with E-state index in [4.69, 9.17) is 4.74 Å². The lowest BCUT2D eigenvalue weighted by molar-refractivity contribution is 0.0300. The first-order valence-corrected chi connectivity index (χ1v) is 5.80. The minimum Gasteiger partial charge on any atom is -0.378 e. The van der Waals surface area contributed by atoms with Gasteiger partial charge in [-0.05, 0) is 28.1 Å². The third kappa shape index (κ3) is 2.25. The minimum atomic E-state index is -0.501. The zero-order chi connectivity index (χ0) is 11.5. The number of nitrogens with zero attached hydrogens (tertiary/aromatic N) is 1. The van der Waals surface area contributed by atoms with Crippen molar-refractivity contribution < 1.29 is 13.9 Å². The molecule has 86 valence electrons. The Bertz CT molecular complexity index is 405. The van der Waals surface area contributed by atoms with Crippen LogP contribution in [0.5, 0.6) is 0 Å². The third-order valence-corrected chi connectivity index (χ3v) is 3.09. The highest BCUT2D eigenvalue weighted by Gasteiger charge is 2.21. The number of rotatable bonds is 1.